The van der Waals surface area contributed by atoms with E-state index >= 15 is 4.39 Å². The molecule has 0 spiro atoms. The molecule has 0 radical (unpaired) electrons. The molecule has 1 N–H and O–H groups in total. The van der Waals surface area contributed by atoms with Crippen LogP contribution < -0.4 is 20.0 Å². The number of carboxylic acid groups (broad SMARTS) is 1. The minimum absolute atomic E-state index is 0.00608. The first-order chi connectivity index (χ1) is 17.4. The van der Waals surface area contributed by atoms with Crippen LogP contribution in [-0.2, 0) is 0 Å². The van der Waals surface area contributed by atoms with Crippen molar-refractivity contribution in [2.24, 2.45) is 0 Å². The summed E-state index contributed by atoms with van der Waals surface area (Å²) in [5, 5.41) is 9.48. The second-order valence-corrected chi connectivity index (χ2v) is 8.96. The van der Waals surface area contributed by atoms with E-state index in [1.165, 1.54) is 6.20 Å². The highest BCUT2D eigenvalue weighted by Gasteiger charge is 2.31. The number of anilines is 2. The van der Waals surface area contributed by atoms with Crippen molar-refractivity contribution in [2.45, 2.75) is 13.0 Å². The zero-order chi connectivity index (χ0) is 25.0. The van der Waals surface area contributed by atoms with Crippen LogP contribution in [-0.4, -0.2) is 63.0 Å². The molecule has 6 rings (SSSR count). The van der Waals surface area contributed by atoms with Gasteiger partial charge in [0.2, 0.25) is 11.4 Å². The van der Waals surface area contributed by atoms with Crippen LogP contribution in [0.25, 0.3) is 16.7 Å². The number of halogens is 1. The van der Waals surface area contributed by atoms with Gasteiger partial charge in [-0.2, -0.15) is 4.98 Å². The van der Waals surface area contributed by atoms with Crippen molar-refractivity contribution in [3.05, 3.63) is 70.7 Å². The maximum absolute atomic E-state index is 15.5. The predicted molar refractivity (Wildman–Crippen MR) is 131 cm³/mol. The van der Waals surface area contributed by atoms with Gasteiger partial charge in [0.15, 0.2) is 11.6 Å². The number of ether oxygens (including phenoxy) is 1. The van der Waals surface area contributed by atoms with Gasteiger partial charge >= 0.3 is 5.97 Å². The molecule has 5 heterocycles. The number of benzene rings is 1. The Hall–Kier alpha value is -4.41. The number of aromatic nitrogens is 4. The second-order valence-electron chi connectivity index (χ2n) is 8.96. The van der Waals surface area contributed by atoms with Crippen LogP contribution in [0.2, 0.25) is 0 Å². The molecule has 1 fully saturated rings. The molecule has 4 aromatic rings. The molecular formula is C25H23FN6O4. The lowest BCUT2D eigenvalue weighted by Crippen LogP contribution is -2.47. The number of carbonyl (C=O) groups is 1. The normalized spacial score (nSPS) is 17.3. The van der Waals surface area contributed by atoms with Crippen LogP contribution in [0.4, 0.5) is 16.0 Å². The molecule has 10 nitrogen and oxygen atoms in total. The Bertz CT molecular complexity index is 1540. The van der Waals surface area contributed by atoms with Crippen molar-refractivity contribution in [1.29, 1.82) is 0 Å². The molecule has 184 valence electrons. The van der Waals surface area contributed by atoms with Gasteiger partial charge in [0.1, 0.15) is 23.7 Å². The second kappa shape index (κ2) is 8.36. The lowest BCUT2D eigenvalue weighted by atomic mass is 10.1. The summed E-state index contributed by atoms with van der Waals surface area (Å²) in [6.07, 6.45) is 6.88. The molecule has 0 aliphatic carbocycles. The van der Waals surface area contributed by atoms with Crippen LogP contribution in [0.3, 0.4) is 0 Å². The average Bonchev–Trinajstić information content (AvgIpc) is 3.42. The Morgan fingerprint density at radius 3 is 2.61 bits per heavy atom. The van der Waals surface area contributed by atoms with E-state index < -0.39 is 17.2 Å². The van der Waals surface area contributed by atoms with Crippen molar-refractivity contribution in [1.82, 2.24) is 19.1 Å². The van der Waals surface area contributed by atoms with Crippen LogP contribution in [0.1, 0.15) is 23.3 Å². The van der Waals surface area contributed by atoms with Gasteiger partial charge in [0.25, 0.3) is 0 Å². The summed E-state index contributed by atoms with van der Waals surface area (Å²) in [5.74, 6) is -0.316. The molecule has 1 saturated heterocycles. The van der Waals surface area contributed by atoms with E-state index in [9.17, 15) is 14.7 Å². The fraction of sp³-hybridized carbons (Fsp3) is 0.280. The van der Waals surface area contributed by atoms with Crippen molar-refractivity contribution >= 4 is 28.5 Å². The lowest BCUT2D eigenvalue weighted by molar-refractivity contribution is 0.0694. The fourth-order valence-electron chi connectivity index (χ4n) is 4.91. The zero-order valence-corrected chi connectivity index (χ0v) is 19.5. The number of nitrogens with zero attached hydrogens (tertiary/aromatic N) is 6. The third-order valence-corrected chi connectivity index (χ3v) is 6.75. The highest BCUT2D eigenvalue weighted by Crippen LogP contribution is 2.42. The topological polar surface area (TPSA) is 106 Å². The first-order valence-corrected chi connectivity index (χ1v) is 11.7. The highest BCUT2D eigenvalue weighted by molar-refractivity contribution is 5.97. The molecule has 1 aromatic carbocycles. The number of hydrogen-bond acceptors (Lipinski definition) is 7. The Kier molecular flexibility index (Phi) is 5.13. The van der Waals surface area contributed by atoms with Gasteiger partial charge in [0, 0.05) is 51.0 Å². The standard InChI is InChI=1S/C25H23FN6O4/c1-15-14-36-23-20-16(22(33)17(24(34)35)13-32(15)20)12-18(26)21(23)30-8-10-31(11-9-30)25-27-5-4-19(28-25)29-6-2-3-7-29/h2-7,12-13,15H,8-11,14H2,1H3,(H,34,35). The van der Waals surface area contributed by atoms with E-state index in [1.807, 2.05) is 51.9 Å². The van der Waals surface area contributed by atoms with Gasteiger partial charge < -0.3 is 28.8 Å². The number of pyridine rings is 1. The van der Waals surface area contributed by atoms with E-state index in [0.717, 1.165) is 11.9 Å². The number of aromatic carboxylic acids is 1. The van der Waals surface area contributed by atoms with Crippen molar-refractivity contribution in [3.8, 4) is 11.6 Å². The molecule has 0 amide bonds. The summed E-state index contributed by atoms with van der Waals surface area (Å²) in [6, 6.07) is 6.62. The Morgan fingerprint density at radius 2 is 1.89 bits per heavy atom. The van der Waals surface area contributed by atoms with Crippen molar-refractivity contribution < 1.29 is 19.0 Å². The molecule has 2 aliphatic rings. The Morgan fingerprint density at radius 1 is 1.17 bits per heavy atom. The van der Waals surface area contributed by atoms with Gasteiger partial charge in [-0.25, -0.2) is 14.2 Å². The van der Waals surface area contributed by atoms with E-state index in [1.54, 1.807) is 10.8 Å². The summed E-state index contributed by atoms with van der Waals surface area (Å²) >= 11 is 0. The quantitative estimate of drug-likeness (QED) is 0.466. The first-order valence-electron chi connectivity index (χ1n) is 11.7. The monoisotopic (exact) mass is 490 g/mol. The minimum atomic E-state index is -1.34. The number of rotatable bonds is 4. The smallest absolute Gasteiger partial charge is 0.341 e. The van der Waals surface area contributed by atoms with Gasteiger partial charge in [-0.15, -0.1) is 0 Å². The van der Waals surface area contributed by atoms with E-state index in [0.29, 0.717) is 37.6 Å². The van der Waals surface area contributed by atoms with Gasteiger partial charge in [-0.1, -0.05) is 0 Å². The van der Waals surface area contributed by atoms with Crippen molar-refractivity contribution in [3.63, 3.8) is 0 Å². The van der Waals surface area contributed by atoms with Gasteiger partial charge in [-0.05, 0) is 31.2 Å². The number of carboxylic acids is 1. The average molecular weight is 490 g/mol. The predicted octanol–water partition coefficient (Wildman–Crippen LogP) is 2.70. The van der Waals surface area contributed by atoms with E-state index in [-0.39, 0.29) is 35.0 Å². The van der Waals surface area contributed by atoms with Gasteiger partial charge in [0.05, 0.1) is 16.9 Å². The van der Waals surface area contributed by atoms with Crippen LogP contribution in [0.15, 0.2) is 53.8 Å². The lowest BCUT2D eigenvalue weighted by Gasteiger charge is -2.38. The summed E-state index contributed by atoms with van der Waals surface area (Å²) in [6.45, 7) is 4.20. The largest absolute Gasteiger partial charge is 0.487 e. The third-order valence-electron chi connectivity index (χ3n) is 6.75. The molecule has 2 aliphatic heterocycles. The maximum Gasteiger partial charge on any atom is 0.341 e. The maximum atomic E-state index is 15.5. The highest BCUT2D eigenvalue weighted by atomic mass is 19.1. The van der Waals surface area contributed by atoms with E-state index in [4.69, 9.17) is 4.74 Å². The minimum Gasteiger partial charge on any atom is -0.487 e. The summed E-state index contributed by atoms with van der Waals surface area (Å²) in [7, 11) is 0. The molecule has 1 unspecified atom stereocenters. The van der Waals surface area contributed by atoms with Crippen molar-refractivity contribution in [2.75, 3.05) is 42.6 Å². The Labute approximate surface area is 204 Å². The van der Waals surface area contributed by atoms with E-state index in [2.05, 4.69) is 9.97 Å². The molecule has 0 saturated carbocycles. The summed E-state index contributed by atoms with van der Waals surface area (Å²) in [4.78, 5) is 37.5. The Balaban J connectivity index is 1.34. The SMILES string of the molecule is CC1COc2c(N3CCN(c4nccc(-n5cccc5)n4)CC3)c(F)cc3c(=O)c(C(=O)O)cn1c23. The molecule has 3 aromatic heterocycles. The molecule has 11 heteroatoms. The summed E-state index contributed by atoms with van der Waals surface area (Å²) in [5.41, 5.74) is -0.398. The van der Waals surface area contributed by atoms with Crippen LogP contribution in [0.5, 0.6) is 5.75 Å². The molecule has 1 atom stereocenters. The third kappa shape index (κ3) is 3.46. The fourth-order valence-corrected chi connectivity index (χ4v) is 4.91. The number of piperazine rings is 1. The molecule has 36 heavy (non-hydrogen) atoms. The first kappa shape index (κ1) is 22.1. The van der Waals surface area contributed by atoms with Crippen LogP contribution in [0, 0.1) is 5.82 Å². The molecular weight excluding hydrogens is 467 g/mol. The van der Waals surface area contributed by atoms with Crippen LogP contribution >= 0.6 is 0 Å². The molecule has 0 bridgehead atoms. The van der Waals surface area contributed by atoms with Gasteiger partial charge in [-0.3, -0.25) is 4.79 Å². The summed E-state index contributed by atoms with van der Waals surface area (Å²) < 4.78 is 25.1. The number of hydrogen-bond donors (Lipinski definition) is 1. The zero-order valence-electron chi connectivity index (χ0n) is 19.5.